The van der Waals surface area contributed by atoms with Gasteiger partial charge in [0.2, 0.25) is 5.91 Å². The highest BCUT2D eigenvalue weighted by Crippen LogP contribution is 2.32. The third-order valence-electron chi connectivity index (χ3n) is 4.56. The van der Waals surface area contributed by atoms with Gasteiger partial charge >= 0.3 is 0 Å². The monoisotopic (exact) mass is 283 g/mol. The van der Waals surface area contributed by atoms with Crippen LogP contribution in [0, 0.1) is 0 Å². The van der Waals surface area contributed by atoms with Gasteiger partial charge in [-0.05, 0) is 38.5 Å². The molecule has 1 heterocycles. The number of hydrogen-bond donors (Lipinski definition) is 1. The maximum absolute atomic E-state index is 12.5. The number of amides is 1. The second-order valence-corrected chi connectivity index (χ2v) is 6.44. The van der Waals surface area contributed by atoms with Crippen molar-refractivity contribution in [2.24, 2.45) is 0 Å². The average Bonchev–Trinajstić information content (AvgIpc) is 2.86. The topological polar surface area (TPSA) is 49.8 Å². The average molecular weight is 283 g/mol. The Balaban J connectivity index is 1.87. The number of aliphatic hydroxyl groups is 1. The van der Waals surface area contributed by atoms with Crippen LogP contribution in [-0.2, 0) is 9.53 Å². The minimum atomic E-state index is -0.740. The summed E-state index contributed by atoms with van der Waals surface area (Å²) in [6.07, 6.45) is 8.47. The standard InChI is InChI=1S/C16H29NO3/c1-2-10-17(13-14-7-3-6-11-20-14)15(18)12-16(19)8-4-5-9-16/h14,19H,2-13H2,1H3. The summed E-state index contributed by atoms with van der Waals surface area (Å²) in [6, 6.07) is 0. The summed E-state index contributed by atoms with van der Waals surface area (Å²) in [5.74, 6) is 0.102. The molecule has 4 nitrogen and oxygen atoms in total. The number of rotatable bonds is 6. The fourth-order valence-electron chi connectivity index (χ4n) is 3.39. The minimum Gasteiger partial charge on any atom is -0.389 e. The Kier molecular flexibility index (Phi) is 5.85. The van der Waals surface area contributed by atoms with E-state index in [0.29, 0.717) is 13.0 Å². The van der Waals surface area contributed by atoms with Crippen LogP contribution >= 0.6 is 0 Å². The van der Waals surface area contributed by atoms with E-state index in [4.69, 9.17) is 4.74 Å². The third-order valence-corrected chi connectivity index (χ3v) is 4.56. The first kappa shape index (κ1) is 15.8. The molecule has 1 N–H and O–H groups in total. The highest BCUT2D eigenvalue weighted by Gasteiger charge is 2.35. The largest absolute Gasteiger partial charge is 0.389 e. The van der Waals surface area contributed by atoms with Crippen LogP contribution in [0.2, 0.25) is 0 Å². The van der Waals surface area contributed by atoms with Crippen LogP contribution in [0.3, 0.4) is 0 Å². The molecule has 1 aliphatic heterocycles. The van der Waals surface area contributed by atoms with Gasteiger partial charge in [-0.3, -0.25) is 4.79 Å². The van der Waals surface area contributed by atoms with Crippen LogP contribution in [0.25, 0.3) is 0 Å². The van der Waals surface area contributed by atoms with Crippen LogP contribution in [0.15, 0.2) is 0 Å². The first-order valence-electron chi connectivity index (χ1n) is 8.25. The van der Waals surface area contributed by atoms with Gasteiger partial charge < -0.3 is 14.7 Å². The summed E-state index contributed by atoms with van der Waals surface area (Å²) in [6.45, 7) is 4.38. The van der Waals surface area contributed by atoms with E-state index in [1.54, 1.807) is 0 Å². The molecule has 1 saturated heterocycles. The number of hydrogen-bond acceptors (Lipinski definition) is 3. The zero-order valence-corrected chi connectivity index (χ0v) is 12.8. The van der Waals surface area contributed by atoms with Crippen molar-refractivity contribution in [3.8, 4) is 0 Å². The number of carbonyl (C=O) groups excluding carboxylic acids is 1. The molecule has 0 bridgehead atoms. The quantitative estimate of drug-likeness (QED) is 0.815. The fourth-order valence-corrected chi connectivity index (χ4v) is 3.39. The Labute approximate surface area is 122 Å². The van der Waals surface area contributed by atoms with Crippen molar-refractivity contribution in [1.82, 2.24) is 4.90 Å². The van der Waals surface area contributed by atoms with Crippen molar-refractivity contribution < 1.29 is 14.6 Å². The van der Waals surface area contributed by atoms with Crippen molar-refractivity contribution in [2.45, 2.75) is 76.4 Å². The molecular formula is C16H29NO3. The molecule has 1 atom stereocenters. The van der Waals surface area contributed by atoms with E-state index in [-0.39, 0.29) is 12.0 Å². The molecule has 0 spiro atoms. The molecule has 0 aromatic carbocycles. The molecular weight excluding hydrogens is 254 g/mol. The first-order valence-corrected chi connectivity index (χ1v) is 8.25. The molecule has 0 radical (unpaired) electrons. The predicted octanol–water partition coefficient (Wildman–Crippen LogP) is 2.49. The molecule has 2 aliphatic rings. The molecule has 20 heavy (non-hydrogen) atoms. The van der Waals surface area contributed by atoms with Crippen LogP contribution in [-0.4, -0.2) is 47.3 Å². The molecule has 2 rings (SSSR count). The van der Waals surface area contributed by atoms with Crippen molar-refractivity contribution >= 4 is 5.91 Å². The van der Waals surface area contributed by atoms with Gasteiger partial charge in [-0.15, -0.1) is 0 Å². The van der Waals surface area contributed by atoms with E-state index in [1.807, 2.05) is 4.90 Å². The fraction of sp³-hybridized carbons (Fsp3) is 0.938. The van der Waals surface area contributed by atoms with Crippen molar-refractivity contribution in [3.05, 3.63) is 0 Å². The molecule has 0 aromatic rings. The Hall–Kier alpha value is -0.610. The second kappa shape index (κ2) is 7.41. The van der Waals surface area contributed by atoms with Gasteiger partial charge in [0, 0.05) is 19.7 Å². The number of nitrogens with zero attached hydrogens (tertiary/aromatic N) is 1. The SMILES string of the molecule is CCCN(CC1CCCCO1)C(=O)CC1(O)CCCC1. The highest BCUT2D eigenvalue weighted by molar-refractivity contribution is 5.77. The van der Waals surface area contributed by atoms with Crippen LogP contribution in [0.4, 0.5) is 0 Å². The summed E-state index contributed by atoms with van der Waals surface area (Å²) in [4.78, 5) is 14.4. The van der Waals surface area contributed by atoms with Gasteiger partial charge in [0.1, 0.15) is 0 Å². The van der Waals surface area contributed by atoms with Gasteiger partial charge in [-0.1, -0.05) is 19.8 Å². The zero-order valence-electron chi connectivity index (χ0n) is 12.8. The van der Waals surface area contributed by atoms with Crippen molar-refractivity contribution in [1.29, 1.82) is 0 Å². The molecule has 1 unspecified atom stereocenters. The molecule has 0 aromatic heterocycles. The van der Waals surface area contributed by atoms with E-state index >= 15 is 0 Å². The summed E-state index contributed by atoms with van der Waals surface area (Å²) >= 11 is 0. The van der Waals surface area contributed by atoms with E-state index < -0.39 is 5.60 Å². The lowest BCUT2D eigenvalue weighted by atomic mass is 9.97. The molecule has 2 fully saturated rings. The lowest BCUT2D eigenvalue weighted by molar-refractivity contribution is -0.139. The normalized spacial score (nSPS) is 25.6. The maximum Gasteiger partial charge on any atom is 0.225 e. The van der Waals surface area contributed by atoms with Crippen LogP contribution < -0.4 is 0 Å². The van der Waals surface area contributed by atoms with Gasteiger partial charge in [0.15, 0.2) is 0 Å². The lowest BCUT2D eigenvalue weighted by Crippen LogP contribution is -2.43. The Bertz CT molecular complexity index is 307. The minimum absolute atomic E-state index is 0.102. The van der Waals surface area contributed by atoms with Gasteiger partial charge in [0.05, 0.1) is 18.1 Å². The van der Waals surface area contributed by atoms with Crippen molar-refractivity contribution in [3.63, 3.8) is 0 Å². The van der Waals surface area contributed by atoms with E-state index in [1.165, 1.54) is 6.42 Å². The van der Waals surface area contributed by atoms with E-state index in [2.05, 4.69) is 6.92 Å². The van der Waals surface area contributed by atoms with Crippen molar-refractivity contribution in [2.75, 3.05) is 19.7 Å². The summed E-state index contributed by atoms with van der Waals surface area (Å²) in [7, 11) is 0. The molecule has 116 valence electrons. The van der Waals surface area contributed by atoms with E-state index in [9.17, 15) is 9.90 Å². The van der Waals surface area contributed by atoms with Gasteiger partial charge in [-0.25, -0.2) is 0 Å². The highest BCUT2D eigenvalue weighted by atomic mass is 16.5. The first-order chi connectivity index (χ1) is 9.63. The predicted molar refractivity (Wildman–Crippen MR) is 78.5 cm³/mol. The molecule has 1 aliphatic carbocycles. The van der Waals surface area contributed by atoms with Gasteiger partial charge in [0.25, 0.3) is 0 Å². The maximum atomic E-state index is 12.5. The summed E-state index contributed by atoms with van der Waals surface area (Å²) in [5.41, 5.74) is -0.740. The Morgan fingerprint density at radius 1 is 1.30 bits per heavy atom. The Morgan fingerprint density at radius 2 is 2.05 bits per heavy atom. The number of carbonyl (C=O) groups is 1. The summed E-state index contributed by atoms with van der Waals surface area (Å²) < 4.78 is 5.74. The second-order valence-electron chi connectivity index (χ2n) is 6.44. The molecule has 1 saturated carbocycles. The third kappa shape index (κ3) is 4.45. The van der Waals surface area contributed by atoms with E-state index in [0.717, 1.165) is 58.1 Å². The molecule has 1 amide bonds. The Morgan fingerprint density at radius 3 is 2.65 bits per heavy atom. The van der Waals surface area contributed by atoms with Crippen LogP contribution in [0.5, 0.6) is 0 Å². The number of ether oxygens (including phenoxy) is 1. The smallest absolute Gasteiger partial charge is 0.225 e. The van der Waals surface area contributed by atoms with Gasteiger partial charge in [-0.2, -0.15) is 0 Å². The lowest BCUT2D eigenvalue weighted by Gasteiger charge is -2.32. The zero-order chi connectivity index (χ0) is 14.4. The molecule has 4 heteroatoms. The van der Waals surface area contributed by atoms with Crippen LogP contribution in [0.1, 0.15) is 64.7 Å². The summed E-state index contributed by atoms with van der Waals surface area (Å²) in [5, 5.41) is 10.4.